The molecule has 0 saturated carbocycles. The molecule has 2 heterocycles. The Morgan fingerprint density at radius 1 is 1.37 bits per heavy atom. The van der Waals surface area contributed by atoms with Gasteiger partial charge in [0.05, 0.1) is 17.6 Å². The van der Waals surface area contributed by atoms with Crippen LogP contribution < -0.4 is 5.32 Å². The maximum Gasteiger partial charge on any atom is 0.278 e. The van der Waals surface area contributed by atoms with E-state index in [2.05, 4.69) is 27.4 Å². The zero-order valence-corrected chi connectivity index (χ0v) is 11.0. The van der Waals surface area contributed by atoms with E-state index in [0.29, 0.717) is 5.88 Å². The van der Waals surface area contributed by atoms with Gasteiger partial charge in [0.2, 0.25) is 5.88 Å². The van der Waals surface area contributed by atoms with E-state index >= 15 is 0 Å². The van der Waals surface area contributed by atoms with E-state index in [4.69, 9.17) is 4.52 Å². The Morgan fingerprint density at radius 2 is 2.21 bits per heavy atom. The van der Waals surface area contributed by atoms with Gasteiger partial charge in [0.25, 0.3) is 5.91 Å². The van der Waals surface area contributed by atoms with E-state index in [1.807, 2.05) is 6.92 Å². The third-order valence-electron chi connectivity index (χ3n) is 2.60. The minimum atomic E-state index is -0.356. The highest BCUT2D eigenvalue weighted by molar-refractivity contribution is 6.01. The first-order valence-electron chi connectivity index (χ1n) is 6.24. The SMILES string of the molecule is CCCCc1cc(NC(=O)c2cnc(C)cn2)on1. The number of nitrogens with one attached hydrogen (secondary N) is 1. The molecule has 2 aromatic heterocycles. The molecule has 100 valence electrons. The number of anilines is 1. The molecule has 0 radical (unpaired) electrons. The smallest absolute Gasteiger partial charge is 0.278 e. The van der Waals surface area contributed by atoms with Crippen LogP contribution in [0, 0.1) is 6.92 Å². The molecule has 6 heteroatoms. The van der Waals surface area contributed by atoms with Crippen LogP contribution in [0.25, 0.3) is 0 Å². The fourth-order valence-corrected chi connectivity index (χ4v) is 1.53. The number of aromatic nitrogens is 3. The molecule has 6 nitrogen and oxygen atoms in total. The van der Waals surface area contributed by atoms with Gasteiger partial charge in [-0.15, -0.1) is 0 Å². The number of unbranched alkanes of at least 4 members (excludes halogenated alkanes) is 1. The van der Waals surface area contributed by atoms with Crippen LogP contribution in [0.2, 0.25) is 0 Å². The number of carbonyl (C=O) groups is 1. The van der Waals surface area contributed by atoms with Crippen LogP contribution in [0.5, 0.6) is 0 Å². The normalized spacial score (nSPS) is 10.4. The van der Waals surface area contributed by atoms with Crippen molar-refractivity contribution in [3.8, 4) is 0 Å². The average molecular weight is 260 g/mol. The summed E-state index contributed by atoms with van der Waals surface area (Å²) < 4.78 is 5.05. The molecule has 0 aliphatic carbocycles. The summed E-state index contributed by atoms with van der Waals surface area (Å²) in [5.74, 6) is -0.0239. The summed E-state index contributed by atoms with van der Waals surface area (Å²) in [4.78, 5) is 19.9. The Labute approximate surface area is 111 Å². The Morgan fingerprint density at radius 3 is 2.89 bits per heavy atom. The predicted octanol–water partition coefficient (Wildman–Crippen LogP) is 2.37. The van der Waals surface area contributed by atoms with Crippen LogP contribution in [0.1, 0.15) is 41.6 Å². The summed E-state index contributed by atoms with van der Waals surface area (Å²) in [6.45, 7) is 3.92. The van der Waals surface area contributed by atoms with Crippen molar-refractivity contribution in [2.45, 2.75) is 33.1 Å². The lowest BCUT2D eigenvalue weighted by Crippen LogP contribution is -2.13. The lowest BCUT2D eigenvalue weighted by Gasteiger charge is -1.99. The van der Waals surface area contributed by atoms with E-state index < -0.39 is 0 Å². The van der Waals surface area contributed by atoms with Crippen LogP contribution in [-0.2, 0) is 6.42 Å². The second-order valence-electron chi connectivity index (χ2n) is 4.28. The summed E-state index contributed by atoms with van der Waals surface area (Å²) >= 11 is 0. The topological polar surface area (TPSA) is 80.9 Å². The van der Waals surface area contributed by atoms with Crippen molar-refractivity contribution in [2.24, 2.45) is 0 Å². The highest BCUT2D eigenvalue weighted by atomic mass is 16.5. The summed E-state index contributed by atoms with van der Waals surface area (Å²) in [6.07, 6.45) is 5.96. The zero-order valence-electron chi connectivity index (χ0n) is 11.0. The van der Waals surface area contributed by atoms with Crippen LogP contribution >= 0.6 is 0 Å². The predicted molar refractivity (Wildman–Crippen MR) is 69.8 cm³/mol. The Kier molecular flexibility index (Phi) is 4.22. The minimum Gasteiger partial charge on any atom is -0.338 e. The molecule has 19 heavy (non-hydrogen) atoms. The largest absolute Gasteiger partial charge is 0.338 e. The van der Waals surface area contributed by atoms with E-state index in [0.717, 1.165) is 30.7 Å². The van der Waals surface area contributed by atoms with Crippen molar-refractivity contribution in [3.05, 3.63) is 35.5 Å². The lowest BCUT2D eigenvalue weighted by molar-refractivity contribution is 0.101. The number of hydrogen-bond donors (Lipinski definition) is 1. The summed E-state index contributed by atoms with van der Waals surface area (Å²) in [5.41, 5.74) is 1.85. The highest BCUT2D eigenvalue weighted by Crippen LogP contribution is 2.12. The van der Waals surface area contributed by atoms with E-state index in [9.17, 15) is 4.79 Å². The van der Waals surface area contributed by atoms with Gasteiger partial charge in [-0.3, -0.25) is 15.1 Å². The molecule has 0 aromatic carbocycles. The van der Waals surface area contributed by atoms with Gasteiger partial charge in [-0.05, 0) is 19.8 Å². The van der Waals surface area contributed by atoms with Gasteiger partial charge in [0, 0.05) is 12.3 Å². The molecule has 0 bridgehead atoms. The standard InChI is InChI=1S/C13H16N4O2/c1-3-4-5-10-6-12(19-17-10)16-13(18)11-8-14-9(2)7-15-11/h6-8H,3-5H2,1-2H3,(H,16,18). The van der Waals surface area contributed by atoms with Crippen LogP contribution in [-0.4, -0.2) is 21.0 Å². The maximum atomic E-state index is 11.8. The van der Waals surface area contributed by atoms with Crippen LogP contribution in [0.15, 0.2) is 23.0 Å². The van der Waals surface area contributed by atoms with Crippen molar-refractivity contribution in [3.63, 3.8) is 0 Å². The van der Waals surface area contributed by atoms with Gasteiger partial charge in [-0.1, -0.05) is 18.5 Å². The van der Waals surface area contributed by atoms with Gasteiger partial charge in [-0.2, -0.15) is 0 Å². The van der Waals surface area contributed by atoms with E-state index in [-0.39, 0.29) is 11.6 Å². The number of amides is 1. The van der Waals surface area contributed by atoms with Crippen molar-refractivity contribution >= 4 is 11.8 Å². The van der Waals surface area contributed by atoms with Crippen LogP contribution in [0.4, 0.5) is 5.88 Å². The second kappa shape index (κ2) is 6.08. The van der Waals surface area contributed by atoms with Crippen molar-refractivity contribution in [1.29, 1.82) is 0 Å². The molecule has 2 rings (SSSR count). The molecular formula is C13H16N4O2. The first-order valence-corrected chi connectivity index (χ1v) is 6.24. The molecule has 0 atom stereocenters. The first kappa shape index (κ1) is 13.2. The summed E-state index contributed by atoms with van der Waals surface area (Å²) in [7, 11) is 0. The summed E-state index contributed by atoms with van der Waals surface area (Å²) in [6, 6.07) is 1.73. The monoisotopic (exact) mass is 260 g/mol. The number of hydrogen-bond acceptors (Lipinski definition) is 5. The van der Waals surface area contributed by atoms with Crippen molar-refractivity contribution < 1.29 is 9.32 Å². The Hall–Kier alpha value is -2.24. The number of rotatable bonds is 5. The van der Waals surface area contributed by atoms with Gasteiger partial charge in [0.15, 0.2) is 0 Å². The lowest BCUT2D eigenvalue weighted by atomic mass is 10.2. The van der Waals surface area contributed by atoms with Gasteiger partial charge in [0.1, 0.15) is 5.69 Å². The molecule has 0 fully saturated rings. The van der Waals surface area contributed by atoms with Gasteiger partial charge >= 0.3 is 0 Å². The molecule has 1 amide bonds. The fourth-order valence-electron chi connectivity index (χ4n) is 1.53. The molecule has 0 unspecified atom stereocenters. The molecule has 0 aliphatic heterocycles. The quantitative estimate of drug-likeness (QED) is 0.892. The highest BCUT2D eigenvalue weighted by Gasteiger charge is 2.11. The van der Waals surface area contributed by atoms with Gasteiger partial charge in [-0.25, -0.2) is 4.98 Å². The molecule has 0 saturated heterocycles. The van der Waals surface area contributed by atoms with Crippen molar-refractivity contribution in [2.75, 3.05) is 5.32 Å². The zero-order chi connectivity index (χ0) is 13.7. The Balaban J connectivity index is 1.98. The molecular weight excluding hydrogens is 244 g/mol. The maximum absolute atomic E-state index is 11.8. The first-order chi connectivity index (χ1) is 9.19. The third kappa shape index (κ3) is 3.61. The summed E-state index contributed by atoms with van der Waals surface area (Å²) in [5, 5.41) is 6.49. The minimum absolute atomic E-state index is 0.247. The average Bonchev–Trinajstić information content (AvgIpc) is 2.84. The fraction of sp³-hybridized carbons (Fsp3) is 0.385. The number of nitrogens with zero attached hydrogens (tertiary/aromatic N) is 3. The van der Waals surface area contributed by atoms with Crippen molar-refractivity contribution in [1.82, 2.24) is 15.1 Å². The van der Waals surface area contributed by atoms with E-state index in [1.165, 1.54) is 6.20 Å². The van der Waals surface area contributed by atoms with Crippen LogP contribution in [0.3, 0.4) is 0 Å². The molecule has 2 aromatic rings. The van der Waals surface area contributed by atoms with E-state index in [1.54, 1.807) is 12.3 Å². The molecule has 0 aliphatic rings. The molecule has 0 spiro atoms. The molecule has 1 N–H and O–H groups in total. The third-order valence-corrected chi connectivity index (χ3v) is 2.60. The second-order valence-corrected chi connectivity index (χ2v) is 4.28. The van der Waals surface area contributed by atoms with Gasteiger partial charge < -0.3 is 4.52 Å². The number of aryl methyl sites for hydroxylation is 2. The number of carbonyl (C=O) groups excluding carboxylic acids is 1. The Bertz CT molecular complexity index is 548.